The molecule has 0 bridgehead atoms. The highest BCUT2D eigenvalue weighted by molar-refractivity contribution is 6.37. The number of halogens is 3. The lowest BCUT2D eigenvalue weighted by molar-refractivity contribution is 0.100. The first kappa shape index (κ1) is 16.5. The molecule has 0 unspecified atom stereocenters. The van der Waals surface area contributed by atoms with Crippen LogP contribution in [-0.4, -0.2) is 10.5 Å². The molecule has 0 aliphatic carbocycles. The van der Waals surface area contributed by atoms with E-state index in [1.807, 2.05) is 6.07 Å². The van der Waals surface area contributed by atoms with E-state index >= 15 is 0 Å². The molecule has 2 N–H and O–H groups in total. The van der Waals surface area contributed by atoms with E-state index in [0.29, 0.717) is 27.0 Å². The summed E-state index contributed by atoms with van der Waals surface area (Å²) in [6, 6.07) is 14.5. The van der Waals surface area contributed by atoms with E-state index in [2.05, 4.69) is 0 Å². The summed E-state index contributed by atoms with van der Waals surface area (Å²) in [6.07, 6.45) is 0. The van der Waals surface area contributed by atoms with Crippen LogP contribution in [0, 0.1) is 11.6 Å². The summed E-state index contributed by atoms with van der Waals surface area (Å²) in [5.41, 5.74) is 7.38. The number of carbonyl (C=O) groups is 1. The molecule has 3 aromatic carbocycles. The summed E-state index contributed by atoms with van der Waals surface area (Å²) in [5.74, 6) is -2.38. The highest BCUT2D eigenvalue weighted by Gasteiger charge is 2.19. The minimum absolute atomic E-state index is 0.0650. The number of hydrogen-bond donors (Lipinski definition) is 1. The molecule has 26 heavy (non-hydrogen) atoms. The van der Waals surface area contributed by atoms with Crippen LogP contribution in [-0.2, 0) is 6.54 Å². The van der Waals surface area contributed by atoms with Crippen molar-refractivity contribution in [2.75, 3.05) is 0 Å². The van der Waals surface area contributed by atoms with E-state index in [1.165, 1.54) is 12.1 Å². The maximum Gasteiger partial charge on any atom is 0.249 e. The van der Waals surface area contributed by atoms with Gasteiger partial charge in [-0.1, -0.05) is 41.9 Å². The molecule has 0 fully saturated rings. The molecule has 0 atom stereocenters. The van der Waals surface area contributed by atoms with Gasteiger partial charge in [-0.25, -0.2) is 8.78 Å². The van der Waals surface area contributed by atoms with Crippen molar-refractivity contribution >= 4 is 39.3 Å². The first-order chi connectivity index (χ1) is 12.5. The fourth-order valence-electron chi connectivity index (χ4n) is 3.37. The van der Waals surface area contributed by atoms with Gasteiger partial charge in [0.2, 0.25) is 5.91 Å². The van der Waals surface area contributed by atoms with Crippen molar-refractivity contribution in [2.24, 2.45) is 5.73 Å². The number of aromatic nitrogens is 1. The Kier molecular flexibility index (Phi) is 3.89. The molecule has 130 valence electrons. The Labute approximate surface area is 152 Å². The number of nitrogens with zero attached hydrogens (tertiary/aromatic N) is 1. The molecule has 3 nitrogen and oxygen atoms in total. The molecule has 0 spiro atoms. The van der Waals surface area contributed by atoms with Gasteiger partial charge < -0.3 is 10.3 Å². The zero-order valence-electron chi connectivity index (χ0n) is 13.5. The number of nitrogens with two attached hydrogens (primary N) is 1. The first-order valence-corrected chi connectivity index (χ1v) is 8.29. The first-order valence-electron chi connectivity index (χ1n) is 7.91. The molecule has 1 amide bonds. The number of carbonyl (C=O) groups excluding carboxylic acids is 1. The normalized spacial score (nSPS) is 11.3. The Bertz CT molecular complexity index is 1180. The van der Waals surface area contributed by atoms with E-state index in [9.17, 15) is 13.6 Å². The fraction of sp³-hybridized carbons (Fsp3) is 0.0500. The topological polar surface area (TPSA) is 48.0 Å². The maximum absolute atomic E-state index is 14.2. The van der Waals surface area contributed by atoms with Gasteiger partial charge in [0.1, 0.15) is 0 Å². The number of benzene rings is 3. The summed E-state index contributed by atoms with van der Waals surface area (Å²) < 4.78 is 29.6. The van der Waals surface area contributed by atoms with Crippen LogP contribution in [0.1, 0.15) is 15.9 Å². The number of para-hydroxylation sites is 1. The molecule has 1 aromatic heterocycles. The van der Waals surface area contributed by atoms with Crippen molar-refractivity contribution in [3.05, 3.63) is 82.4 Å². The third kappa shape index (κ3) is 2.44. The predicted octanol–water partition coefficient (Wildman–Crippen LogP) is 4.87. The largest absolute Gasteiger partial charge is 0.366 e. The fourth-order valence-corrected chi connectivity index (χ4v) is 3.65. The Morgan fingerprint density at radius 3 is 2.54 bits per heavy atom. The second-order valence-electron chi connectivity index (χ2n) is 6.00. The van der Waals surface area contributed by atoms with Crippen LogP contribution >= 0.6 is 11.6 Å². The van der Waals surface area contributed by atoms with Crippen LogP contribution in [0.3, 0.4) is 0 Å². The zero-order valence-corrected chi connectivity index (χ0v) is 14.2. The molecule has 0 saturated carbocycles. The lowest BCUT2D eigenvalue weighted by atomic mass is 10.1. The van der Waals surface area contributed by atoms with E-state index in [1.54, 1.807) is 34.9 Å². The zero-order chi connectivity index (χ0) is 18.4. The second-order valence-corrected chi connectivity index (χ2v) is 6.41. The Hall–Kier alpha value is -2.92. The third-order valence-electron chi connectivity index (χ3n) is 4.48. The number of primary amides is 1. The number of rotatable bonds is 3. The minimum atomic E-state index is -0.910. The average molecular weight is 371 g/mol. The Balaban J connectivity index is 2.09. The highest BCUT2D eigenvalue weighted by atomic mass is 35.5. The number of hydrogen-bond acceptors (Lipinski definition) is 1. The smallest absolute Gasteiger partial charge is 0.249 e. The molecule has 0 aliphatic rings. The lowest BCUT2D eigenvalue weighted by Gasteiger charge is -2.10. The summed E-state index contributed by atoms with van der Waals surface area (Å²) in [7, 11) is 0. The number of fused-ring (bicyclic) bond motifs is 3. The Morgan fingerprint density at radius 2 is 1.77 bits per heavy atom. The second kappa shape index (κ2) is 6.11. The molecule has 6 heteroatoms. The quantitative estimate of drug-likeness (QED) is 0.549. The molecule has 0 saturated heterocycles. The van der Waals surface area contributed by atoms with Gasteiger partial charge in [-0.15, -0.1) is 0 Å². The van der Waals surface area contributed by atoms with Crippen LogP contribution in [0.4, 0.5) is 8.78 Å². The van der Waals surface area contributed by atoms with Crippen LogP contribution in [0.5, 0.6) is 0 Å². The van der Waals surface area contributed by atoms with E-state index in [0.717, 1.165) is 11.5 Å². The lowest BCUT2D eigenvalue weighted by Crippen LogP contribution is -2.11. The van der Waals surface area contributed by atoms with Gasteiger partial charge in [0.15, 0.2) is 11.6 Å². The Morgan fingerprint density at radius 1 is 1.04 bits per heavy atom. The van der Waals surface area contributed by atoms with Crippen LogP contribution in [0.2, 0.25) is 5.02 Å². The van der Waals surface area contributed by atoms with E-state index in [-0.39, 0.29) is 12.1 Å². The average Bonchev–Trinajstić information content (AvgIpc) is 2.94. The van der Waals surface area contributed by atoms with Gasteiger partial charge in [0.05, 0.1) is 22.6 Å². The molecule has 0 aliphatic heterocycles. The van der Waals surface area contributed by atoms with Crippen molar-refractivity contribution in [1.29, 1.82) is 0 Å². The molecule has 4 aromatic rings. The third-order valence-corrected chi connectivity index (χ3v) is 4.79. The molecule has 1 heterocycles. The number of amides is 1. The van der Waals surface area contributed by atoms with Gasteiger partial charge in [-0.2, -0.15) is 0 Å². The van der Waals surface area contributed by atoms with Crippen LogP contribution < -0.4 is 5.73 Å². The van der Waals surface area contributed by atoms with Gasteiger partial charge in [0.25, 0.3) is 0 Å². The van der Waals surface area contributed by atoms with Crippen molar-refractivity contribution < 1.29 is 13.6 Å². The predicted molar refractivity (Wildman–Crippen MR) is 98.4 cm³/mol. The van der Waals surface area contributed by atoms with Gasteiger partial charge >= 0.3 is 0 Å². The molecule has 0 radical (unpaired) electrons. The van der Waals surface area contributed by atoms with Crippen LogP contribution in [0.25, 0.3) is 21.8 Å². The van der Waals surface area contributed by atoms with Crippen molar-refractivity contribution in [2.45, 2.75) is 6.54 Å². The van der Waals surface area contributed by atoms with E-state index < -0.39 is 17.5 Å². The molecular weight excluding hydrogens is 358 g/mol. The standard InChI is InChI=1S/C20H13ClF2N2O/c21-14-7-2-5-12-17-13(20(24)26)6-3-9-16(17)25(19(12)14)10-11-4-1-8-15(22)18(11)23/h1-9H,10H2,(H2,24,26). The van der Waals surface area contributed by atoms with E-state index in [4.69, 9.17) is 17.3 Å². The van der Waals surface area contributed by atoms with Gasteiger partial charge in [0, 0.05) is 21.9 Å². The van der Waals surface area contributed by atoms with Gasteiger partial charge in [-0.3, -0.25) is 4.79 Å². The minimum Gasteiger partial charge on any atom is -0.366 e. The molecule has 4 rings (SSSR count). The van der Waals surface area contributed by atoms with Crippen molar-refractivity contribution in [3.63, 3.8) is 0 Å². The SMILES string of the molecule is NC(=O)c1cccc2c1c1cccc(Cl)c1n2Cc1cccc(F)c1F. The van der Waals surface area contributed by atoms with Crippen LogP contribution in [0.15, 0.2) is 54.6 Å². The maximum atomic E-state index is 14.2. The van der Waals surface area contributed by atoms with Crippen molar-refractivity contribution in [1.82, 2.24) is 4.57 Å². The summed E-state index contributed by atoms with van der Waals surface area (Å²) in [6.45, 7) is 0.0650. The van der Waals surface area contributed by atoms with Gasteiger partial charge in [-0.05, 0) is 24.3 Å². The summed E-state index contributed by atoms with van der Waals surface area (Å²) in [5, 5.41) is 1.83. The van der Waals surface area contributed by atoms with Crippen molar-refractivity contribution in [3.8, 4) is 0 Å². The molecular formula is C20H13ClF2N2O. The monoisotopic (exact) mass is 370 g/mol. The highest BCUT2D eigenvalue weighted by Crippen LogP contribution is 2.36. The summed E-state index contributed by atoms with van der Waals surface area (Å²) >= 11 is 6.40. The summed E-state index contributed by atoms with van der Waals surface area (Å²) in [4.78, 5) is 11.9.